The Labute approximate surface area is 188 Å². The number of para-hydroxylation sites is 2. The van der Waals surface area contributed by atoms with E-state index in [9.17, 15) is 4.79 Å². The van der Waals surface area contributed by atoms with Gasteiger partial charge in [0.1, 0.15) is 12.4 Å². The predicted molar refractivity (Wildman–Crippen MR) is 122 cm³/mol. The summed E-state index contributed by atoms with van der Waals surface area (Å²) in [5.41, 5.74) is 1.02. The van der Waals surface area contributed by atoms with E-state index >= 15 is 0 Å². The van der Waals surface area contributed by atoms with Crippen molar-refractivity contribution >= 4 is 28.6 Å². The molecule has 160 valence electrons. The molecule has 0 fully saturated rings. The molecule has 0 aliphatic carbocycles. The van der Waals surface area contributed by atoms with Gasteiger partial charge >= 0.3 is 0 Å². The zero-order valence-electron chi connectivity index (χ0n) is 17.2. The topological polar surface area (TPSA) is 73.6 Å². The van der Waals surface area contributed by atoms with Crippen LogP contribution < -0.4 is 14.8 Å². The maximum Gasteiger partial charge on any atom is 0.287 e. The minimum Gasteiger partial charge on any atom is -0.493 e. The van der Waals surface area contributed by atoms with Crippen LogP contribution in [0, 0.1) is 6.92 Å². The Kier molecular flexibility index (Phi) is 6.69. The number of furan rings is 1. The first-order valence-electron chi connectivity index (χ1n) is 9.76. The third-order valence-corrected chi connectivity index (χ3v) is 6.46. The quantitative estimate of drug-likeness (QED) is 0.370. The molecule has 3 aromatic heterocycles. The molecule has 0 radical (unpaired) electrons. The van der Waals surface area contributed by atoms with E-state index in [0.717, 1.165) is 22.0 Å². The van der Waals surface area contributed by atoms with Crippen molar-refractivity contribution in [3.63, 3.8) is 0 Å². The second-order valence-corrected chi connectivity index (χ2v) is 8.96. The molecule has 3 heterocycles. The molecule has 4 rings (SSSR count). The lowest BCUT2D eigenvalue weighted by Crippen LogP contribution is -2.25. The number of amides is 1. The van der Waals surface area contributed by atoms with Crippen molar-refractivity contribution in [3.05, 3.63) is 75.3 Å². The van der Waals surface area contributed by atoms with Crippen molar-refractivity contribution in [2.75, 3.05) is 13.7 Å². The van der Waals surface area contributed by atoms with Crippen LogP contribution in [0.2, 0.25) is 0 Å². The van der Waals surface area contributed by atoms with Crippen molar-refractivity contribution in [1.29, 1.82) is 0 Å². The number of hydrogen-bond donors (Lipinski definition) is 1. The normalized spacial score (nSPS) is 10.8. The van der Waals surface area contributed by atoms with E-state index in [1.165, 1.54) is 4.88 Å². The average Bonchev–Trinajstić information content (AvgIpc) is 3.53. The summed E-state index contributed by atoms with van der Waals surface area (Å²) in [5.74, 6) is 1.86. The number of hydrogen-bond acceptors (Lipinski definition) is 7. The summed E-state index contributed by atoms with van der Waals surface area (Å²) in [7, 11) is 1.59. The van der Waals surface area contributed by atoms with Crippen LogP contribution in [0.3, 0.4) is 0 Å². The number of ether oxygens (including phenoxy) is 2. The minimum atomic E-state index is -0.240. The lowest BCUT2D eigenvalue weighted by Gasteiger charge is -2.08. The summed E-state index contributed by atoms with van der Waals surface area (Å²) < 4.78 is 16.6. The zero-order valence-corrected chi connectivity index (χ0v) is 18.8. The van der Waals surface area contributed by atoms with Gasteiger partial charge in [-0.3, -0.25) is 4.79 Å². The van der Waals surface area contributed by atoms with Crippen molar-refractivity contribution < 1.29 is 18.7 Å². The molecule has 0 aliphatic rings. The van der Waals surface area contributed by atoms with Gasteiger partial charge in [-0.05, 0) is 49.7 Å². The molecule has 0 saturated carbocycles. The van der Waals surface area contributed by atoms with E-state index in [1.807, 2.05) is 31.2 Å². The van der Waals surface area contributed by atoms with Gasteiger partial charge in [0.15, 0.2) is 17.3 Å². The van der Waals surface area contributed by atoms with Crippen LogP contribution in [0.1, 0.15) is 26.2 Å². The minimum absolute atomic E-state index is 0.210. The van der Waals surface area contributed by atoms with E-state index in [4.69, 9.17) is 13.9 Å². The van der Waals surface area contributed by atoms with Gasteiger partial charge in [0, 0.05) is 16.8 Å². The standard InChI is InChI=1S/C23H22N2O4S2/c1-15-25-18(14-30-15)22-10-8-17(31-22)11-12-24-23(26)21-9-7-16(29-21)13-28-20-6-4-3-5-19(20)27-2/h3-10,14H,11-13H2,1-2H3,(H,24,26). The third kappa shape index (κ3) is 5.34. The highest BCUT2D eigenvalue weighted by Gasteiger charge is 2.13. The number of thiophene rings is 1. The summed E-state index contributed by atoms with van der Waals surface area (Å²) in [6.45, 7) is 2.74. The number of benzene rings is 1. The molecular weight excluding hydrogens is 432 g/mol. The Morgan fingerprint density at radius 3 is 2.74 bits per heavy atom. The molecule has 0 atom stereocenters. The molecule has 8 heteroatoms. The maximum atomic E-state index is 12.4. The van der Waals surface area contributed by atoms with Gasteiger partial charge < -0.3 is 19.2 Å². The average molecular weight is 455 g/mol. The Bertz CT molecular complexity index is 1160. The molecule has 31 heavy (non-hydrogen) atoms. The number of carbonyl (C=O) groups excluding carboxylic acids is 1. The van der Waals surface area contributed by atoms with Crippen LogP contribution in [-0.2, 0) is 13.0 Å². The highest BCUT2D eigenvalue weighted by Crippen LogP contribution is 2.29. The van der Waals surface area contributed by atoms with Crippen LogP contribution in [0.5, 0.6) is 11.5 Å². The number of aromatic nitrogens is 1. The van der Waals surface area contributed by atoms with Gasteiger partial charge in [-0.15, -0.1) is 22.7 Å². The second kappa shape index (κ2) is 9.80. The summed E-state index contributed by atoms with van der Waals surface area (Å²) in [5, 5.41) is 6.03. The van der Waals surface area contributed by atoms with Gasteiger partial charge in [-0.1, -0.05) is 12.1 Å². The Morgan fingerprint density at radius 2 is 1.97 bits per heavy atom. The van der Waals surface area contributed by atoms with E-state index in [0.29, 0.717) is 23.8 Å². The van der Waals surface area contributed by atoms with Crippen LogP contribution in [0.15, 0.2) is 58.3 Å². The number of carbonyl (C=O) groups is 1. The molecule has 1 N–H and O–H groups in total. The number of thiazole rings is 1. The van der Waals surface area contributed by atoms with Crippen LogP contribution in [0.4, 0.5) is 0 Å². The van der Waals surface area contributed by atoms with E-state index in [2.05, 4.69) is 27.8 Å². The largest absolute Gasteiger partial charge is 0.493 e. The highest BCUT2D eigenvalue weighted by atomic mass is 32.1. The third-order valence-electron chi connectivity index (χ3n) is 4.51. The molecule has 0 saturated heterocycles. The second-order valence-electron chi connectivity index (χ2n) is 6.73. The fraction of sp³-hybridized carbons (Fsp3) is 0.217. The molecular formula is C23H22N2O4S2. The molecule has 0 bridgehead atoms. The summed E-state index contributed by atoms with van der Waals surface area (Å²) in [6, 6.07) is 14.9. The number of aryl methyl sites for hydroxylation is 1. The van der Waals surface area contributed by atoms with Gasteiger partial charge in [-0.25, -0.2) is 4.98 Å². The zero-order chi connectivity index (χ0) is 21.6. The fourth-order valence-electron chi connectivity index (χ4n) is 2.98. The fourth-order valence-corrected chi connectivity index (χ4v) is 4.63. The monoisotopic (exact) mass is 454 g/mol. The van der Waals surface area contributed by atoms with Gasteiger partial charge in [0.05, 0.1) is 22.7 Å². The van der Waals surface area contributed by atoms with Crippen molar-refractivity contribution in [2.24, 2.45) is 0 Å². The van der Waals surface area contributed by atoms with Crippen molar-refractivity contribution in [3.8, 4) is 22.1 Å². The predicted octanol–water partition coefficient (Wildman–Crippen LogP) is 5.33. The smallest absolute Gasteiger partial charge is 0.287 e. The van der Waals surface area contributed by atoms with Crippen LogP contribution in [0.25, 0.3) is 10.6 Å². The van der Waals surface area contributed by atoms with Crippen LogP contribution >= 0.6 is 22.7 Å². The first-order valence-corrected chi connectivity index (χ1v) is 11.5. The summed E-state index contributed by atoms with van der Waals surface area (Å²) >= 11 is 3.35. The van der Waals surface area contributed by atoms with Crippen molar-refractivity contribution in [1.82, 2.24) is 10.3 Å². The highest BCUT2D eigenvalue weighted by molar-refractivity contribution is 7.16. The van der Waals surface area contributed by atoms with Crippen LogP contribution in [-0.4, -0.2) is 24.5 Å². The number of rotatable bonds is 9. The Balaban J connectivity index is 1.26. The van der Waals surface area contributed by atoms with E-state index in [1.54, 1.807) is 41.9 Å². The summed E-state index contributed by atoms with van der Waals surface area (Å²) in [4.78, 5) is 19.2. The maximum absolute atomic E-state index is 12.4. The summed E-state index contributed by atoms with van der Waals surface area (Å²) in [6.07, 6.45) is 0.754. The van der Waals surface area contributed by atoms with Gasteiger partial charge in [0.25, 0.3) is 5.91 Å². The molecule has 1 aromatic carbocycles. The SMILES string of the molecule is COc1ccccc1OCc1ccc(C(=O)NCCc2ccc(-c3csc(C)n3)s2)o1. The van der Waals surface area contributed by atoms with Gasteiger partial charge in [0.2, 0.25) is 0 Å². The molecule has 4 aromatic rings. The molecule has 0 aliphatic heterocycles. The molecule has 0 unspecified atom stereocenters. The Morgan fingerprint density at radius 1 is 1.13 bits per heavy atom. The first kappa shape index (κ1) is 21.1. The number of methoxy groups -OCH3 is 1. The van der Waals surface area contributed by atoms with E-state index < -0.39 is 0 Å². The molecule has 6 nitrogen and oxygen atoms in total. The number of nitrogens with zero attached hydrogens (tertiary/aromatic N) is 1. The lowest BCUT2D eigenvalue weighted by atomic mass is 10.3. The lowest BCUT2D eigenvalue weighted by molar-refractivity contribution is 0.0922. The molecule has 1 amide bonds. The molecule has 0 spiro atoms. The van der Waals surface area contributed by atoms with Gasteiger partial charge in [-0.2, -0.15) is 0 Å². The van der Waals surface area contributed by atoms with E-state index in [-0.39, 0.29) is 18.3 Å². The number of nitrogens with one attached hydrogen (secondary N) is 1. The van der Waals surface area contributed by atoms with Crippen molar-refractivity contribution in [2.45, 2.75) is 20.0 Å². The first-order chi connectivity index (χ1) is 15.1. The Hall–Kier alpha value is -3.10.